The summed E-state index contributed by atoms with van der Waals surface area (Å²) in [5, 5.41) is 1.27. The number of nitrogens with zero attached hydrogens (tertiary/aromatic N) is 2. The number of hydrogen-bond acceptors (Lipinski definition) is 2. The molecule has 16 heavy (non-hydrogen) atoms. The van der Waals surface area contributed by atoms with Gasteiger partial charge in [0.1, 0.15) is 0 Å². The van der Waals surface area contributed by atoms with Gasteiger partial charge in [-0.3, -0.25) is 0 Å². The number of likely N-dealkylation sites (N-methyl/N-ethyl adjacent to an activating group) is 1. The molecule has 0 aliphatic rings. The van der Waals surface area contributed by atoms with E-state index in [2.05, 4.69) is 48.7 Å². The highest BCUT2D eigenvalue weighted by Gasteiger charge is 2.05. The monoisotopic (exact) mass is 217 g/mol. The van der Waals surface area contributed by atoms with E-state index in [9.17, 15) is 0 Å². The molecule has 0 fully saturated rings. The van der Waals surface area contributed by atoms with Gasteiger partial charge in [0.15, 0.2) is 0 Å². The van der Waals surface area contributed by atoms with Gasteiger partial charge in [0.05, 0.1) is 5.52 Å². The molecule has 0 bridgehead atoms. The number of nitrogens with two attached hydrogens (primary N) is 1. The molecule has 1 aromatic carbocycles. The summed E-state index contributed by atoms with van der Waals surface area (Å²) in [5.41, 5.74) is 9.19. The van der Waals surface area contributed by atoms with Crippen LogP contribution in [0.5, 0.6) is 0 Å². The lowest BCUT2D eigenvalue weighted by atomic mass is 10.2. The van der Waals surface area contributed by atoms with Crippen LogP contribution < -0.4 is 5.73 Å². The highest BCUT2D eigenvalue weighted by atomic mass is 15.1. The zero-order valence-electron chi connectivity index (χ0n) is 10.2. The summed E-state index contributed by atoms with van der Waals surface area (Å²) < 4.78 is 2.33. The number of nitrogen functional groups attached to an aromatic ring is 1. The molecule has 86 valence electrons. The molecule has 0 atom stereocenters. The maximum atomic E-state index is 5.83. The molecule has 3 nitrogen and oxygen atoms in total. The number of hydrogen-bond donors (Lipinski definition) is 1. The Hall–Kier alpha value is -1.48. The van der Waals surface area contributed by atoms with E-state index >= 15 is 0 Å². The minimum Gasteiger partial charge on any atom is -0.399 e. The van der Waals surface area contributed by atoms with Gasteiger partial charge in [0.2, 0.25) is 0 Å². The van der Waals surface area contributed by atoms with Crippen molar-refractivity contribution in [3.63, 3.8) is 0 Å². The van der Waals surface area contributed by atoms with Crippen molar-refractivity contribution < 1.29 is 0 Å². The predicted molar refractivity (Wildman–Crippen MR) is 69.6 cm³/mol. The van der Waals surface area contributed by atoms with Crippen LogP contribution in [0, 0.1) is 6.92 Å². The molecule has 0 saturated carbocycles. The van der Waals surface area contributed by atoms with Gasteiger partial charge in [0.25, 0.3) is 0 Å². The standard InChI is InChI=1S/C13H19N3/c1-10-8-11-4-5-12(14)9-13(11)16(10)7-6-15(2)3/h4-5,8-9H,6-7,14H2,1-3H3. The Labute approximate surface area is 96.5 Å². The van der Waals surface area contributed by atoms with Crippen molar-refractivity contribution in [2.45, 2.75) is 13.5 Å². The molecule has 1 heterocycles. The van der Waals surface area contributed by atoms with Gasteiger partial charge in [-0.25, -0.2) is 0 Å². The highest BCUT2D eigenvalue weighted by Crippen LogP contribution is 2.21. The van der Waals surface area contributed by atoms with Gasteiger partial charge in [0, 0.05) is 24.5 Å². The fourth-order valence-electron chi connectivity index (χ4n) is 2.01. The Morgan fingerprint density at radius 1 is 1.25 bits per heavy atom. The zero-order chi connectivity index (χ0) is 11.7. The second kappa shape index (κ2) is 4.18. The number of fused-ring (bicyclic) bond motifs is 1. The van der Waals surface area contributed by atoms with E-state index in [1.165, 1.54) is 16.6 Å². The van der Waals surface area contributed by atoms with Crippen LogP contribution in [0.25, 0.3) is 10.9 Å². The quantitative estimate of drug-likeness (QED) is 0.799. The normalized spacial score (nSPS) is 11.5. The molecule has 0 radical (unpaired) electrons. The van der Waals surface area contributed by atoms with Gasteiger partial charge in [-0.15, -0.1) is 0 Å². The molecule has 0 unspecified atom stereocenters. The van der Waals surface area contributed by atoms with E-state index in [1.54, 1.807) is 0 Å². The molecule has 2 rings (SSSR count). The first-order valence-electron chi connectivity index (χ1n) is 5.58. The summed E-state index contributed by atoms with van der Waals surface area (Å²) in [4.78, 5) is 2.19. The SMILES string of the molecule is Cc1cc2ccc(N)cc2n1CCN(C)C. The fraction of sp³-hybridized carbons (Fsp3) is 0.385. The van der Waals surface area contributed by atoms with Crippen LogP contribution in [0.2, 0.25) is 0 Å². The third-order valence-electron chi connectivity index (χ3n) is 2.91. The summed E-state index contributed by atoms with van der Waals surface area (Å²) in [6.07, 6.45) is 0. The Balaban J connectivity index is 2.42. The lowest BCUT2D eigenvalue weighted by molar-refractivity contribution is 0.385. The van der Waals surface area contributed by atoms with Crippen molar-refractivity contribution in [1.82, 2.24) is 9.47 Å². The van der Waals surface area contributed by atoms with Gasteiger partial charge in [-0.1, -0.05) is 6.07 Å². The minimum absolute atomic E-state index is 0.830. The molecule has 0 aliphatic carbocycles. The summed E-state index contributed by atoms with van der Waals surface area (Å²) in [5.74, 6) is 0. The third-order valence-corrected chi connectivity index (χ3v) is 2.91. The van der Waals surface area contributed by atoms with E-state index in [0.29, 0.717) is 0 Å². The van der Waals surface area contributed by atoms with Crippen LogP contribution >= 0.6 is 0 Å². The van der Waals surface area contributed by atoms with E-state index < -0.39 is 0 Å². The van der Waals surface area contributed by atoms with E-state index in [0.717, 1.165) is 18.8 Å². The Morgan fingerprint density at radius 3 is 2.69 bits per heavy atom. The smallest absolute Gasteiger partial charge is 0.0503 e. The van der Waals surface area contributed by atoms with Crippen molar-refractivity contribution in [3.05, 3.63) is 30.0 Å². The van der Waals surface area contributed by atoms with E-state index in [-0.39, 0.29) is 0 Å². The molecule has 0 saturated heterocycles. The largest absolute Gasteiger partial charge is 0.399 e. The Bertz CT molecular complexity index is 497. The molecule has 0 spiro atoms. The number of aromatic nitrogens is 1. The van der Waals surface area contributed by atoms with Crippen LogP contribution in [0.4, 0.5) is 5.69 Å². The Kier molecular flexibility index (Phi) is 2.88. The van der Waals surface area contributed by atoms with E-state index in [4.69, 9.17) is 5.73 Å². The number of aryl methyl sites for hydroxylation is 1. The highest BCUT2D eigenvalue weighted by molar-refractivity contribution is 5.84. The molecular formula is C13H19N3. The molecule has 2 aromatic rings. The first-order chi connectivity index (χ1) is 7.58. The third kappa shape index (κ3) is 2.04. The predicted octanol–water partition coefficient (Wildman–Crippen LogP) is 2.09. The van der Waals surface area contributed by atoms with Crippen molar-refractivity contribution >= 4 is 16.6 Å². The van der Waals surface area contributed by atoms with Crippen molar-refractivity contribution in [1.29, 1.82) is 0 Å². The lowest BCUT2D eigenvalue weighted by Gasteiger charge is -2.13. The summed E-state index contributed by atoms with van der Waals surface area (Å²) in [6, 6.07) is 8.31. The van der Waals surface area contributed by atoms with Crippen LogP contribution in [0.15, 0.2) is 24.3 Å². The first-order valence-corrected chi connectivity index (χ1v) is 5.58. The van der Waals surface area contributed by atoms with Gasteiger partial charge >= 0.3 is 0 Å². The molecule has 2 N–H and O–H groups in total. The van der Waals surface area contributed by atoms with Crippen molar-refractivity contribution in [2.24, 2.45) is 0 Å². The van der Waals surface area contributed by atoms with E-state index in [1.807, 2.05) is 6.07 Å². The average molecular weight is 217 g/mol. The maximum Gasteiger partial charge on any atom is 0.0503 e. The number of benzene rings is 1. The fourth-order valence-corrected chi connectivity index (χ4v) is 2.01. The van der Waals surface area contributed by atoms with Crippen LogP contribution in [0.1, 0.15) is 5.69 Å². The van der Waals surface area contributed by atoms with Crippen LogP contribution in [-0.4, -0.2) is 30.1 Å². The van der Waals surface area contributed by atoms with Crippen LogP contribution in [0.3, 0.4) is 0 Å². The van der Waals surface area contributed by atoms with Crippen molar-refractivity contribution in [2.75, 3.05) is 26.4 Å². The lowest BCUT2D eigenvalue weighted by Crippen LogP contribution is -2.18. The average Bonchev–Trinajstić information content (AvgIpc) is 2.51. The maximum absolute atomic E-state index is 5.83. The molecule has 0 aliphatic heterocycles. The molecule has 3 heteroatoms. The molecular weight excluding hydrogens is 198 g/mol. The number of rotatable bonds is 3. The first kappa shape index (κ1) is 11.0. The second-order valence-corrected chi connectivity index (χ2v) is 4.56. The summed E-state index contributed by atoms with van der Waals surface area (Å²) in [6.45, 7) is 4.19. The molecule has 1 aromatic heterocycles. The number of anilines is 1. The molecule has 0 amide bonds. The van der Waals surface area contributed by atoms with Gasteiger partial charge < -0.3 is 15.2 Å². The summed E-state index contributed by atoms with van der Waals surface area (Å²) >= 11 is 0. The second-order valence-electron chi connectivity index (χ2n) is 4.56. The van der Waals surface area contributed by atoms with Crippen molar-refractivity contribution in [3.8, 4) is 0 Å². The topological polar surface area (TPSA) is 34.2 Å². The zero-order valence-corrected chi connectivity index (χ0v) is 10.2. The Morgan fingerprint density at radius 2 is 2.00 bits per heavy atom. The van der Waals surface area contributed by atoms with Gasteiger partial charge in [-0.05, 0) is 44.6 Å². The minimum atomic E-state index is 0.830. The van der Waals surface area contributed by atoms with Gasteiger partial charge in [-0.2, -0.15) is 0 Å². The van der Waals surface area contributed by atoms with Crippen LogP contribution in [-0.2, 0) is 6.54 Å². The summed E-state index contributed by atoms with van der Waals surface area (Å²) in [7, 11) is 4.19.